The third kappa shape index (κ3) is 4.47. The van der Waals surface area contributed by atoms with Gasteiger partial charge >= 0.3 is 0 Å². The summed E-state index contributed by atoms with van der Waals surface area (Å²) in [5, 5.41) is 3.91. The molecule has 2 aromatic rings. The SMILES string of the molecule is CCC(C)[C@H](NS(=O)(=O)c1cccc2ccccc12)C(=O)N[C@@H](C)C=O. The number of carbonyl (C=O) groups excluding carboxylic acids is 2. The van der Waals surface area contributed by atoms with Crippen LogP contribution in [0.5, 0.6) is 0 Å². The Kier molecular flexibility index (Phi) is 6.50. The van der Waals surface area contributed by atoms with Gasteiger partial charge in [0.2, 0.25) is 15.9 Å². The molecule has 0 aromatic heterocycles. The van der Waals surface area contributed by atoms with Crippen LogP contribution >= 0.6 is 0 Å². The number of amides is 1. The van der Waals surface area contributed by atoms with Crippen LogP contribution in [0, 0.1) is 5.92 Å². The number of hydrogen-bond donors (Lipinski definition) is 2. The molecule has 0 heterocycles. The minimum atomic E-state index is -3.93. The number of nitrogens with one attached hydrogen (secondary N) is 2. The van der Waals surface area contributed by atoms with E-state index in [0.29, 0.717) is 18.1 Å². The smallest absolute Gasteiger partial charge is 0.241 e. The molecule has 0 saturated carbocycles. The van der Waals surface area contributed by atoms with Crippen LogP contribution in [0.15, 0.2) is 47.4 Å². The fourth-order valence-electron chi connectivity index (χ4n) is 2.67. The largest absolute Gasteiger partial charge is 0.345 e. The van der Waals surface area contributed by atoms with E-state index in [4.69, 9.17) is 0 Å². The molecule has 0 aliphatic carbocycles. The summed E-state index contributed by atoms with van der Waals surface area (Å²) in [5.74, 6) is -0.749. The predicted molar refractivity (Wildman–Crippen MR) is 101 cm³/mol. The third-order valence-electron chi connectivity index (χ3n) is 4.39. The van der Waals surface area contributed by atoms with Gasteiger partial charge in [-0.25, -0.2) is 8.42 Å². The molecule has 0 saturated heterocycles. The summed E-state index contributed by atoms with van der Waals surface area (Å²) in [6.45, 7) is 5.21. The first-order valence-electron chi connectivity index (χ1n) is 8.56. The van der Waals surface area contributed by atoms with Crippen LogP contribution in [-0.4, -0.2) is 32.7 Å². The number of benzene rings is 2. The molecule has 7 heteroatoms. The molecule has 1 unspecified atom stereocenters. The molecule has 2 rings (SSSR count). The van der Waals surface area contributed by atoms with E-state index in [2.05, 4.69) is 10.0 Å². The number of fused-ring (bicyclic) bond motifs is 1. The predicted octanol–water partition coefficient (Wildman–Crippen LogP) is 2.24. The van der Waals surface area contributed by atoms with E-state index in [1.165, 1.54) is 13.0 Å². The van der Waals surface area contributed by atoms with Gasteiger partial charge in [-0.15, -0.1) is 0 Å². The lowest BCUT2D eigenvalue weighted by Gasteiger charge is -2.24. The molecule has 0 aliphatic rings. The first-order valence-corrected chi connectivity index (χ1v) is 10.0. The lowest BCUT2D eigenvalue weighted by molar-refractivity contribution is -0.126. The van der Waals surface area contributed by atoms with Gasteiger partial charge in [0.25, 0.3) is 0 Å². The van der Waals surface area contributed by atoms with Gasteiger partial charge < -0.3 is 10.1 Å². The number of aldehydes is 1. The molecule has 0 bridgehead atoms. The second-order valence-electron chi connectivity index (χ2n) is 6.40. The molecule has 6 nitrogen and oxygen atoms in total. The minimum Gasteiger partial charge on any atom is -0.345 e. The van der Waals surface area contributed by atoms with Crippen molar-refractivity contribution in [3.63, 3.8) is 0 Å². The second-order valence-corrected chi connectivity index (χ2v) is 8.08. The summed E-state index contributed by atoms with van der Waals surface area (Å²) >= 11 is 0. The van der Waals surface area contributed by atoms with Crippen molar-refractivity contribution in [3.8, 4) is 0 Å². The zero-order chi connectivity index (χ0) is 19.3. The van der Waals surface area contributed by atoms with Crippen molar-refractivity contribution in [2.45, 2.75) is 44.2 Å². The molecular formula is C19H24N2O4S. The molecule has 0 spiro atoms. The van der Waals surface area contributed by atoms with E-state index >= 15 is 0 Å². The zero-order valence-electron chi connectivity index (χ0n) is 15.1. The lowest BCUT2D eigenvalue weighted by Crippen LogP contribution is -2.52. The molecule has 1 amide bonds. The van der Waals surface area contributed by atoms with Gasteiger partial charge in [0.1, 0.15) is 12.3 Å². The van der Waals surface area contributed by atoms with Crippen LogP contribution < -0.4 is 10.0 Å². The van der Waals surface area contributed by atoms with E-state index in [-0.39, 0.29) is 10.8 Å². The van der Waals surface area contributed by atoms with Crippen molar-refractivity contribution in [2.24, 2.45) is 5.92 Å². The molecule has 2 N–H and O–H groups in total. The highest BCUT2D eigenvalue weighted by Gasteiger charge is 2.30. The van der Waals surface area contributed by atoms with Crippen LogP contribution in [0.4, 0.5) is 0 Å². The first kappa shape index (κ1) is 20.1. The highest BCUT2D eigenvalue weighted by Crippen LogP contribution is 2.23. The molecule has 0 radical (unpaired) electrons. The standard InChI is InChI=1S/C19H24N2O4S/c1-4-13(2)18(19(23)20-14(3)12-22)21-26(24,25)17-11-7-9-15-8-5-6-10-16(15)17/h5-14,18,21H,4H2,1-3H3,(H,20,23)/t13?,14-,18-/m0/s1. The third-order valence-corrected chi connectivity index (χ3v) is 5.89. The van der Waals surface area contributed by atoms with E-state index < -0.39 is 28.0 Å². The van der Waals surface area contributed by atoms with Crippen LogP contribution in [-0.2, 0) is 19.6 Å². The average Bonchev–Trinajstić information content (AvgIpc) is 2.64. The number of carbonyl (C=O) groups is 2. The molecule has 0 aliphatic heterocycles. The summed E-state index contributed by atoms with van der Waals surface area (Å²) < 4.78 is 28.5. The Morgan fingerprint density at radius 1 is 1.12 bits per heavy atom. The Labute approximate surface area is 154 Å². The van der Waals surface area contributed by atoms with E-state index in [0.717, 1.165) is 5.39 Å². The lowest BCUT2D eigenvalue weighted by atomic mass is 9.99. The Hall–Kier alpha value is -2.25. The molecule has 0 fully saturated rings. The first-order chi connectivity index (χ1) is 12.3. The molecule has 26 heavy (non-hydrogen) atoms. The van der Waals surface area contributed by atoms with Crippen molar-refractivity contribution in [3.05, 3.63) is 42.5 Å². The summed E-state index contributed by atoms with van der Waals surface area (Å²) in [7, 11) is -3.93. The minimum absolute atomic E-state index is 0.125. The summed E-state index contributed by atoms with van der Waals surface area (Å²) in [4.78, 5) is 23.4. The zero-order valence-corrected chi connectivity index (χ0v) is 15.9. The Balaban J connectivity index is 2.39. The second kappa shape index (κ2) is 8.42. The quantitative estimate of drug-likeness (QED) is 0.691. The van der Waals surface area contributed by atoms with Crippen LogP contribution in [0.25, 0.3) is 10.8 Å². The van der Waals surface area contributed by atoms with E-state index in [1.54, 1.807) is 25.1 Å². The van der Waals surface area contributed by atoms with Gasteiger partial charge in [-0.05, 0) is 24.3 Å². The summed E-state index contributed by atoms with van der Waals surface area (Å²) in [5.41, 5.74) is 0. The van der Waals surface area contributed by atoms with Gasteiger partial charge in [0, 0.05) is 5.39 Å². The molecule has 2 aromatic carbocycles. The van der Waals surface area contributed by atoms with Crippen LogP contribution in [0.1, 0.15) is 27.2 Å². The maximum Gasteiger partial charge on any atom is 0.241 e. The van der Waals surface area contributed by atoms with Gasteiger partial charge in [-0.2, -0.15) is 4.72 Å². The fourth-order valence-corrected chi connectivity index (χ4v) is 4.21. The highest BCUT2D eigenvalue weighted by atomic mass is 32.2. The maximum absolute atomic E-state index is 13.0. The Bertz CT molecular complexity index is 890. The van der Waals surface area contributed by atoms with E-state index in [1.807, 2.05) is 25.1 Å². The maximum atomic E-state index is 13.0. The summed E-state index contributed by atoms with van der Waals surface area (Å²) in [6, 6.07) is 10.5. The highest BCUT2D eigenvalue weighted by molar-refractivity contribution is 7.89. The normalized spacial score (nSPS) is 15.2. The van der Waals surface area contributed by atoms with Crippen molar-refractivity contribution in [1.82, 2.24) is 10.0 Å². The van der Waals surface area contributed by atoms with Crippen molar-refractivity contribution in [1.29, 1.82) is 0 Å². The van der Waals surface area contributed by atoms with Gasteiger partial charge in [0.05, 0.1) is 10.9 Å². The van der Waals surface area contributed by atoms with Crippen molar-refractivity contribution in [2.75, 3.05) is 0 Å². The molecular weight excluding hydrogens is 352 g/mol. The number of rotatable bonds is 8. The van der Waals surface area contributed by atoms with Crippen LogP contribution in [0.2, 0.25) is 0 Å². The fraction of sp³-hybridized carbons (Fsp3) is 0.368. The van der Waals surface area contributed by atoms with Crippen molar-refractivity contribution >= 4 is 33.0 Å². The number of sulfonamides is 1. The number of hydrogen-bond acceptors (Lipinski definition) is 4. The Morgan fingerprint density at radius 3 is 2.42 bits per heavy atom. The monoisotopic (exact) mass is 376 g/mol. The van der Waals surface area contributed by atoms with Gasteiger partial charge in [0.15, 0.2) is 0 Å². The Morgan fingerprint density at radius 2 is 1.77 bits per heavy atom. The summed E-state index contributed by atoms with van der Waals surface area (Å²) in [6.07, 6.45) is 1.20. The average molecular weight is 376 g/mol. The van der Waals surface area contributed by atoms with E-state index in [9.17, 15) is 18.0 Å². The van der Waals surface area contributed by atoms with Crippen LogP contribution in [0.3, 0.4) is 0 Å². The molecule has 140 valence electrons. The van der Waals surface area contributed by atoms with Gasteiger partial charge in [-0.1, -0.05) is 56.7 Å². The topological polar surface area (TPSA) is 92.3 Å². The van der Waals surface area contributed by atoms with Crippen molar-refractivity contribution < 1.29 is 18.0 Å². The van der Waals surface area contributed by atoms with Gasteiger partial charge in [-0.3, -0.25) is 4.79 Å². The molecule has 3 atom stereocenters.